The maximum Gasteiger partial charge on any atom is 0.220 e. The van der Waals surface area contributed by atoms with Crippen LogP contribution in [0.3, 0.4) is 0 Å². The van der Waals surface area contributed by atoms with Gasteiger partial charge in [-0.15, -0.1) is 0 Å². The minimum absolute atomic E-state index is 0.0518. The summed E-state index contributed by atoms with van der Waals surface area (Å²) in [5.41, 5.74) is -0.0770. The topological polar surface area (TPSA) is 44.8 Å². The van der Waals surface area contributed by atoms with Gasteiger partial charge in [0.05, 0.1) is 13.2 Å². The van der Waals surface area contributed by atoms with Gasteiger partial charge in [-0.1, -0.05) is 0 Å². The smallest absolute Gasteiger partial charge is 0.220 e. The largest absolute Gasteiger partial charge is 0.379 e. The second-order valence-corrected chi connectivity index (χ2v) is 8.25. The molecule has 1 aliphatic heterocycles. The first kappa shape index (κ1) is 20.4. The van der Waals surface area contributed by atoms with Gasteiger partial charge in [0.25, 0.3) is 0 Å². The molecule has 0 unspecified atom stereocenters. The van der Waals surface area contributed by atoms with E-state index in [2.05, 4.69) is 56.9 Å². The number of nitrogens with one attached hydrogen (secondary N) is 1. The van der Waals surface area contributed by atoms with Gasteiger partial charge in [0.2, 0.25) is 5.91 Å². The van der Waals surface area contributed by atoms with Crippen molar-refractivity contribution in [1.82, 2.24) is 15.1 Å². The van der Waals surface area contributed by atoms with Crippen molar-refractivity contribution in [2.24, 2.45) is 0 Å². The summed E-state index contributed by atoms with van der Waals surface area (Å²) in [6.45, 7) is 13.3. The second-order valence-electron chi connectivity index (χ2n) is 8.25. The third kappa shape index (κ3) is 8.13. The highest BCUT2D eigenvalue weighted by Crippen LogP contribution is 2.22. The average Bonchev–Trinajstić information content (AvgIpc) is 2.45. The summed E-state index contributed by atoms with van der Waals surface area (Å²) in [5, 5.41) is 3.20. The number of ether oxygens (including phenoxy) is 1. The van der Waals surface area contributed by atoms with Gasteiger partial charge in [-0.05, 0) is 67.6 Å². The lowest BCUT2D eigenvalue weighted by Crippen LogP contribution is -2.50. The van der Waals surface area contributed by atoms with E-state index in [1.165, 1.54) is 0 Å². The van der Waals surface area contributed by atoms with E-state index in [1.807, 2.05) is 0 Å². The SMILES string of the molecule is CN(C)CCCC(C)(C)NC(=O)CCC(C)(C)N1CCOCC1. The van der Waals surface area contributed by atoms with Crippen molar-refractivity contribution >= 4 is 5.91 Å². The Hall–Kier alpha value is -0.650. The molecule has 1 heterocycles. The Balaban J connectivity index is 2.34. The van der Waals surface area contributed by atoms with E-state index in [4.69, 9.17) is 4.74 Å². The number of amides is 1. The van der Waals surface area contributed by atoms with Gasteiger partial charge in [0.15, 0.2) is 0 Å². The number of rotatable bonds is 9. The molecule has 1 N–H and O–H groups in total. The van der Waals surface area contributed by atoms with Crippen LogP contribution >= 0.6 is 0 Å². The summed E-state index contributed by atoms with van der Waals surface area (Å²) in [6, 6.07) is 0. The van der Waals surface area contributed by atoms with Crippen molar-refractivity contribution in [2.45, 2.75) is 64.5 Å². The minimum Gasteiger partial charge on any atom is -0.379 e. The Bertz CT molecular complexity index is 361. The zero-order valence-electron chi connectivity index (χ0n) is 16.1. The lowest BCUT2D eigenvalue weighted by atomic mass is 9.94. The van der Waals surface area contributed by atoms with Crippen molar-refractivity contribution in [3.05, 3.63) is 0 Å². The average molecular weight is 328 g/mol. The predicted octanol–water partition coefficient (Wildman–Crippen LogP) is 2.11. The summed E-state index contributed by atoms with van der Waals surface area (Å²) in [7, 11) is 4.17. The Morgan fingerprint density at radius 3 is 2.30 bits per heavy atom. The highest BCUT2D eigenvalue weighted by atomic mass is 16.5. The summed E-state index contributed by atoms with van der Waals surface area (Å²) < 4.78 is 5.42. The molecule has 5 nitrogen and oxygen atoms in total. The van der Waals surface area contributed by atoms with Gasteiger partial charge in [0.1, 0.15) is 0 Å². The van der Waals surface area contributed by atoms with E-state index >= 15 is 0 Å². The number of morpholine rings is 1. The van der Waals surface area contributed by atoms with Crippen LogP contribution in [0.2, 0.25) is 0 Å². The van der Waals surface area contributed by atoms with Gasteiger partial charge in [-0.2, -0.15) is 0 Å². The molecule has 23 heavy (non-hydrogen) atoms. The fraction of sp³-hybridized carbons (Fsp3) is 0.944. The van der Waals surface area contributed by atoms with Crippen LogP contribution in [0, 0.1) is 0 Å². The molecule has 136 valence electrons. The van der Waals surface area contributed by atoms with Crippen molar-refractivity contribution in [3.63, 3.8) is 0 Å². The molecule has 0 aromatic rings. The van der Waals surface area contributed by atoms with Crippen LogP contribution in [-0.4, -0.2) is 73.7 Å². The fourth-order valence-electron chi connectivity index (χ4n) is 3.09. The number of hydrogen-bond donors (Lipinski definition) is 1. The molecule has 0 bridgehead atoms. The molecule has 1 rings (SSSR count). The van der Waals surface area contributed by atoms with Crippen molar-refractivity contribution < 1.29 is 9.53 Å². The molecule has 0 atom stereocenters. The lowest BCUT2D eigenvalue weighted by Gasteiger charge is -2.41. The Morgan fingerprint density at radius 2 is 1.74 bits per heavy atom. The van der Waals surface area contributed by atoms with Gasteiger partial charge >= 0.3 is 0 Å². The molecule has 0 aromatic carbocycles. The van der Waals surface area contributed by atoms with E-state index in [0.717, 1.165) is 52.1 Å². The molecule has 5 heteroatoms. The van der Waals surface area contributed by atoms with Crippen molar-refractivity contribution in [3.8, 4) is 0 Å². The third-order valence-electron chi connectivity index (χ3n) is 4.72. The Labute approximate surface area is 142 Å². The summed E-state index contributed by atoms with van der Waals surface area (Å²) in [6.07, 6.45) is 3.57. The van der Waals surface area contributed by atoms with Crippen molar-refractivity contribution in [1.29, 1.82) is 0 Å². The van der Waals surface area contributed by atoms with E-state index in [-0.39, 0.29) is 17.0 Å². The number of carbonyl (C=O) groups is 1. The van der Waals surface area contributed by atoms with Gasteiger partial charge < -0.3 is 15.0 Å². The number of hydrogen-bond acceptors (Lipinski definition) is 4. The summed E-state index contributed by atoms with van der Waals surface area (Å²) in [5.74, 6) is 0.168. The molecule has 1 aliphatic rings. The normalized spacial score (nSPS) is 17.5. The standard InChI is InChI=1S/C18H37N3O2/c1-17(2,9-7-11-20(5)6)19-16(22)8-10-18(3,4)21-12-14-23-15-13-21/h7-15H2,1-6H3,(H,19,22). The van der Waals surface area contributed by atoms with E-state index in [9.17, 15) is 4.79 Å². The minimum atomic E-state index is -0.129. The molecule has 0 aromatic heterocycles. The maximum atomic E-state index is 12.3. The first-order valence-corrected chi connectivity index (χ1v) is 8.91. The monoisotopic (exact) mass is 327 g/mol. The second kappa shape index (κ2) is 9.00. The van der Waals surface area contributed by atoms with E-state index in [0.29, 0.717) is 6.42 Å². The molecule has 1 amide bonds. The molecule has 1 fully saturated rings. The zero-order chi connectivity index (χ0) is 17.5. The van der Waals surface area contributed by atoms with E-state index in [1.54, 1.807) is 0 Å². The van der Waals surface area contributed by atoms with Crippen molar-refractivity contribution in [2.75, 3.05) is 46.9 Å². The first-order valence-electron chi connectivity index (χ1n) is 8.91. The third-order valence-corrected chi connectivity index (χ3v) is 4.72. The van der Waals surface area contributed by atoms with Gasteiger partial charge in [-0.3, -0.25) is 9.69 Å². The van der Waals surface area contributed by atoms with Crippen LogP contribution in [0.4, 0.5) is 0 Å². The van der Waals surface area contributed by atoms with Crippen LogP contribution in [0.1, 0.15) is 53.4 Å². The highest BCUT2D eigenvalue weighted by molar-refractivity contribution is 5.76. The van der Waals surface area contributed by atoms with Crippen LogP contribution in [-0.2, 0) is 9.53 Å². The molecule has 0 radical (unpaired) electrons. The van der Waals surface area contributed by atoms with Crippen LogP contribution in [0.25, 0.3) is 0 Å². The molecule has 0 saturated carbocycles. The number of nitrogens with zero attached hydrogens (tertiary/aromatic N) is 2. The Morgan fingerprint density at radius 1 is 1.13 bits per heavy atom. The Kier molecular flexibility index (Phi) is 7.98. The van der Waals surface area contributed by atoms with Crippen LogP contribution < -0.4 is 5.32 Å². The van der Waals surface area contributed by atoms with Gasteiger partial charge in [0, 0.05) is 30.6 Å². The van der Waals surface area contributed by atoms with Crippen LogP contribution in [0.15, 0.2) is 0 Å². The molecular formula is C18H37N3O2. The number of carbonyl (C=O) groups excluding carboxylic acids is 1. The molecule has 0 aliphatic carbocycles. The highest BCUT2D eigenvalue weighted by Gasteiger charge is 2.29. The van der Waals surface area contributed by atoms with Crippen LogP contribution in [0.5, 0.6) is 0 Å². The summed E-state index contributed by atoms with van der Waals surface area (Å²) >= 11 is 0. The predicted molar refractivity (Wildman–Crippen MR) is 95.7 cm³/mol. The zero-order valence-corrected chi connectivity index (χ0v) is 16.1. The summed E-state index contributed by atoms with van der Waals surface area (Å²) in [4.78, 5) is 16.9. The quantitative estimate of drug-likeness (QED) is 0.704. The lowest BCUT2D eigenvalue weighted by molar-refractivity contribution is -0.123. The van der Waals surface area contributed by atoms with Gasteiger partial charge in [-0.25, -0.2) is 0 Å². The maximum absolute atomic E-state index is 12.3. The first-order chi connectivity index (χ1) is 10.6. The van der Waals surface area contributed by atoms with E-state index < -0.39 is 0 Å². The molecular weight excluding hydrogens is 290 g/mol. The molecule has 0 spiro atoms. The molecule has 1 saturated heterocycles. The fourth-order valence-corrected chi connectivity index (χ4v) is 3.09.